The number of hydrogen-bond acceptors (Lipinski definition) is 3. The highest BCUT2D eigenvalue weighted by molar-refractivity contribution is 5.55. The Morgan fingerprint density at radius 2 is 1.94 bits per heavy atom. The van der Waals surface area contributed by atoms with Crippen molar-refractivity contribution < 1.29 is 9.47 Å². The van der Waals surface area contributed by atoms with Gasteiger partial charge in [-0.3, -0.25) is 0 Å². The summed E-state index contributed by atoms with van der Waals surface area (Å²) in [6.07, 6.45) is 0. The molecule has 96 valence electrons. The van der Waals surface area contributed by atoms with Gasteiger partial charge in [0.15, 0.2) is 0 Å². The summed E-state index contributed by atoms with van der Waals surface area (Å²) in [4.78, 5) is 0. The van der Waals surface area contributed by atoms with Crippen LogP contribution in [0.15, 0.2) is 12.1 Å². The van der Waals surface area contributed by atoms with Crippen LogP contribution in [-0.4, -0.2) is 19.8 Å². The Hall–Kier alpha value is -1.22. The Bertz CT molecular complexity index is 361. The molecule has 1 rings (SSSR count). The molecule has 3 nitrogen and oxygen atoms in total. The number of rotatable bonds is 6. The van der Waals surface area contributed by atoms with Gasteiger partial charge in [-0.1, -0.05) is 13.8 Å². The van der Waals surface area contributed by atoms with Crippen LogP contribution >= 0.6 is 0 Å². The van der Waals surface area contributed by atoms with Crippen molar-refractivity contribution in [1.82, 2.24) is 0 Å². The fraction of sp³-hybridized carbons (Fsp3) is 0.571. The summed E-state index contributed by atoms with van der Waals surface area (Å²) in [5.74, 6) is 1.33. The smallest absolute Gasteiger partial charge is 0.123 e. The maximum absolute atomic E-state index is 5.92. The van der Waals surface area contributed by atoms with Crippen LogP contribution in [0.4, 0.5) is 5.69 Å². The van der Waals surface area contributed by atoms with Gasteiger partial charge in [0.25, 0.3) is 0 Å². The van der Waals surface area contributed by atoms with Crippen LogP contribution in [0.3, 0.4) is 0 Å². The Morgan fingerprint density at radius 1 is 1.24 bits per heavy atom. The first-order valence-corrected chi connectivity index (χ1v) is 6.16. The molecule has 0 aromatic heterocycles. The lowest BCUT2D eigenvalue weighted by molar-refractivity contribution is 0.109. The van der Waals surface area contributed by atoms with Crippen LogP contribution < -0.4 is 10.5 Å². The van der Waals surface area contributed by atoms with Crippen molar-refractivity contribution >= 4 is 5.69 Å². The average Bonchev–Trinajstić information content (AvgIpc) is 2.28. The molecule has 0 heterocycles. The van der Waals surface area contributed by atoms with Gasteiger partial charge in [-0.15, -0.1) is 0 Å². The molecule has 0 amide bonds. The summed E-state index contributed by atoms with van der Waals surface area (Å²) in [7, 11) is 0. The third-order valence-electron chi connectivity index (χ3n) is 2.71. The molecule has 0 aliphatic carbocycles. The largest absolute Gasteiger partial charge is 0.491 e. The second-order valence-corrected chi connectivity index (χ2v) is 4.45. The third-order valence-corrected chi connectivity index (χ3v) is 2.71. The van der Waals surface area contributed by atoms with Gasteiger partial charge in [0, 0.05) is 12.3 Å². The van der Waals surface area contributed by atoms with E-state index in [1.54, 1.807) is 0 Å². The molecule has 0 unspecified atom stereocenters. The van der Waals surface area contributed by atoms with Gasteiger partial charge in [0.1, 0.15) is 12.4 Å². The molecule has 0 fully saturated rings. The van der Waals surface area contributed by atoms with Crippen molar-refractivity contribution in [3.8, 4) is 5.75 Å². The third kappa shape index (κ3) is 3.93. The molecule has 0 aliphatic rings. The Kier molecular flexibility index (Phi) is 5.29. The second kappa shape index (κ2) is 6.50. The summed E-state index contributed by atoms with van der Waals surface area (Å²) in [6.45, 7) is 10.2. The lowest BCUT2D eigenvalue weighted by Gasteiger charge is -2.16. The molecule has 2 N–H and O–H groups in total. The van der Waals surface area contributed by atoms with Crippen molar-refractivity contribution in [2.24, 2.45) is 0 Å². The standard InChI is InChI=1S/C14H23NO2/c1-5-16-6-7-17-14-8-11(4)13(15)9-12(14)10(2)3/h8-10H,5-7,15H2,1-4H3. The van der Waals surface area contributed by atoms with Gasteiger partial charge in [-0.2, -0.15) is 0 Å². The number of ether oxygens (including phenoxy) is 2. The summed E-state index contributed by atoms with van der Waals surface area (Å²) >= 11 is 0. The highest BCUT2D eigenvalue weighted by atomic mass is 16.5. The van der Waals surface area contributed by atoms with E-state index in [1.165, 1.54) is 0 Å². The quantitative estimate of drug-likeness (QED) is 0.610. The number of nitrogen functional groups attached to an aromatic ring is 1. The van der Waals surface area contributed by atoms with Crippen LogP contribution in [0, 0.1) is 6.92 Å². The van der Waals surface area contributed by atoms with Crippen LogP contribution in [0.5, 0.6) is 5.75 Å². The summed E-state index contributed by atoms with van der Waals surface area (Å²) < 4.78 is 11.0. The zero-order chi connectivity index (χ0) is 12.8. The molecule has 3 heteroatoms. The maximum Gasteiger partial charge on any atom is 0.123 e. The average molecular weight is 237 g/mol. The maximum atomic E-state index is 5.92. The first kappa shape index (κ1) is 13.8. The topological polar surface area (TPSA) is 44.5 Å². The Balaban J connectivity index is 2.78. The van der Waals surface area contributed by atoms with Crippen LogP contribution in [0.25, 0.3) is 0 Å². The van der Waals surface area contributed by atoms with Crippen LogP contribution in [0.2, 0.25) is 0 Å². The summed E-state index contributed by atoms with van der Waals surface area (Å²) in [5, 5.41) is 0. The molecular weight excluding hydrogens is 214 g/mol. The van der Waals surface area contributed by atoms with E-state index in [9.17, 15) is 0 Å². The van der Waals surface area contributed by atoms with E-state index in [0.29, 0.717) is 19.1 Å². The molecule has 0 spiro atoms. The van der Waals surface area contributed by atoms with Gasteiger partial charge >= 0.3 is 0 Å². The number of hydrogen-bond donors (Lipinski definition) is 1. The number of nitrogens with two attached hydrogens (primary N) is 1. The molecule has 0 saturated heterocycles. The lowest BCUT2D eigenvalue weighted by atomic mass is 9.99. The molecule has 0 atom stereocenters. The predicted octanol–water partition coefficient (Wildman–Crippen LogP) is 3.12. The first-order valence-electron chi connectivity index (χ1n) is 6.16. The number of benzene rings is 1. The van der Waals surface area contributed by atoms with Crippen molar-refractivity contribution in [2.75, 3.05) is 25.6 Å². The minimum absolute atomic E-state index is 0.403. The van der Waals surface area contributed by atoms with E-state index in [0.717, 1.165) is 29.2 Å². The Labute approximate surface area is 104 Å². The predicted molar refractivity (Wildman–Crippen MR) is 71.7 cm³/mol. The van der Waals surface area contributed by atoms with Gasteiger partial charge in [0.05, 0.1) is 6.61 Å². The van der Waals surface area contributed by atoms with E-state index in [-0.39, 0.29) is 0 Å². The zero-order valence-electron chi connectivity index (χ0n) is 11.2. The van der Waals surface area contributed by atoms with E-state index < -0.39 is 0 Å². The molecule has 0 radical (unpaired) electrons. The number of anilines is 1. The number of aryl methyl sites for hydroxylation is 1. The van der Waals surface area contributed by atoms with Gasteiger partial charge < -0.3 is 15.2 Å². The SMILES string of the molecule is CCOCCOc1cc(C)c(N)cc1C(C)C. The van der Waals surface area contributed by atoms with Crippen molar-refractivity contribution in [1.29, 1.82) is 0 Å². The summed E-state index contributed by atoms with van der Waals surface area (Å²) in [6, 6.07) is 4.02. The van der Waals surface area contributed by atoms with Gasteiger partial charge in [0.2, 0.25) is 0 Å². The fourth-order valence-electron chi connectivity index (χ4n) is 1.65. The van der Waals surface area contributed by atoms with Crippen molar-refractivity contribution in [3.05, 3.63) is 23.3 Å². The lowest BCUT2D eigenvalue weighted by Crippen LogP contribution is -2.08. The van der Waals surface area contributed by atoms with Crippen LogP contribution in [0.1, 0.15) is 37.8 Å². The molecule has 0 bridgehead atoms. The monoisotopic (exact) mass is 237 g/mol. The van der Waals surface area contributed by atoms with Gasteiger partial charge in [-0.05, 0) is 43.0 Å². The highest BCUT2D eigenvalue weighted by Crippen LogP contribution is 2.30. The highest BCUT2D eigenvalue weighted by Gasteiger charge is 2.10. The van der Waals surface area contributed by atoms with Crippen LogP contribution in [-0.2, 0) is 4.74 Å². The van der Waals surface area contributed by atoms with E-state index in [1.807, 2.05) is 26.0 Å². The van der Waals surface area contributed by atoms with E-state index >= 15 is 0 Å². The molecule has 0 saturated carbocycles. The van der Waals surface area contributed by atoms with E-state index in [2.05, 4.69) is 13.8 Å². The fourth-order valence-corrected chi connectivity index (χ4v) is 1.65. The normalized spacial score (nSPS) is 10.9. The second-order valence-electron chi connectivity index (χ2n) is 4.45. The summed E-state index contributed by atoms with van der Waals surface area (Å²) in [5.41, 5.74) is 8.96. The zero-order valence-corrected chi connectivity index (χ0v) is 11.2. The van der Waals surface area contributed by atoms with Crippen molar-refractivity contribution in [2.45, 2.75) is 33.6 Å². The van der Waals surface area contributed by atoms with Crippen molar-refractivity contribution in [3.63, 3.8) is 0 Å². The minimum atomic E-state index is 0.403. The van der Waals surface area contributed by atoms with E-state index in [4.69, 9.17) is 15.2 Å². The minimum Gasteiger partial charge on any atom is -0.491 e. The van der Waals surface area contributed by atoms with Gasteiger partial charge in [-0.25, -0.2) is 0 Å². The molecule has 0 aliphatic heterocycles. The molecule has 1 aromatic carbocycles. The first-order chi connectivity index (χ1) is 8.06. The molecule has 1 aromatic rings. The Morgan fingerprint density at radius 3 is 2.53 bits per heavy atom. The molecule has 17 heavy (non-hydrogen) atoms. The molecular formula is C14H23NO2.